The predicted molar refractivity (Wildman–Crippen MR) is 65.4 cm³/mol. The van der Waals surface area contributed by atoms with Gasteiger partial charge in [0.25, 0.3) is 0 Å². The number of benzene rings is 1. The van der Waals surface area contributed by atoms with Crippen LogP contribution >= 0.6 is 11.6 Å². The highest BCUT2D eigenvalue weighted by Gasteiger charge is 2.36. The van der Waals surface area contributed by atoms with Crippen LogP contribution in [0.2, 0.25) is 5.02 Å². The summed E-state index contributed by atoms with van der Waals surface area (Å²) in [6.07, 6.45) is -0.574. The van der Waals surface area contributed by atoms with E-state index in [1.807, 2.05) is 0 Å². The molecule has 1 aromatic rings. The van der Waals surface area contributed by atoms with Crippen molar-refractivity contribution in [2.75, 3.05) is 18.8 Å². The molecule has 1 saturated heterocycles. The van der Waals surface area contributed by atoms with E-state index in [0.29, 0.717) is 10.6 Å². The number of hydrogen-bond donors (Lipinski definition) is 2. The molecule has 3 N–H and O–H groups in total. The van der Waals surface area contributed by atoms with Crippen molar-refractivity contribution < 1.29 is 13.5 Å². The first-order valence-corrected chi connectivity index (χ1v) is 6.88. The number of nitrogen functional groups attached to an aromatic ring is 1. The predicted octanol–water partition coefficient (Wildman–Crippen LogP) is 0.596. The third-order valence-corrected chi connectivity index (χ3v) is 5.04. The van der Waals surface area contributed by atoms with Gasteiger partial charge < -0.3 is 10.8 Å². The maximum atomic E-state index is 12.2. The SMILES string of the molecule is Cc1cc(Cl)c(N)cc1S(=O)(=O)N1CC(O)C1. The number of nitrogens with zero attached hydrogens (tertiary/aromatic N) is 1. The summed E-state index contributed by atoms with van der Waals surface area (Å²) in [5.41, 5.74) is 6.39. The third kappa shape index (κ3) is 2.13. The topological polar surface area (TPSA) is 83.6 Å². The van der Waals surface area contributed by atoms with Crippen LogP contribution in [0.4, 0.5) is 5.69 Å². The molecule has 2 rings (SSSR count). The van der Waals surface area contributed by atoms with Crippen molar-refractivity contribution in [2.45, 2.75) is 17.9 Å². The fraction of sp³-hybridized carbons (Fsp3) is 0.400. The summed E-state index contributed by atoms with van der Waals surface area (Å²) in [5, 5.41) is 9.48. The number of β-amino-alcohol motifs (C(OH)–C–C–N with tert-alkyl or cyclic N) is 1. The van der Waals surface area contributed by atoms with Gasteiger partial charge in [-0.1, -0.05) is 11.6 Å². The van der Waals surface area contributed by atoms with Crippen molar-refractivity contribution >= 4 is 27.3 Å². The summed E-state index contributed by atoms with van der Waals surface area (Å²) in [4.78, 5) is 0.145. The van der Waals surface area contributed by atoms with E-state index in [1.165, 1.54) is 16.4 Å². The van der Waals surface area contributed by atoms with Crippen LogP contribution in [0, 0.1) is 6.92 Å². The molecule has 17 heavy (non-hydrogen) atoms. The zero-order valence-electron chi connectivity index (χ0n) is 9.22. The first-order chi connectivity index (χ1) is 7.82. The second kappa shape index (κ2) is 4.13. The number of aryl methyl sites for hydroxylation is 1. The highest BCUT2D eigenvalue weighted by atomic mass is 35.5. The Morgan fingerprint density at radius 2 is 2.06 bits per heavy atom. The Labute approximate surface area is 105 Å². The molecule has 0 bridgehead atoms. The number of hydrogen-bond acceptors (Lipinski definition) is 4. The summed E-state index contributed by atoms with van der Waals surface area (Å²) in [5.74, 6) is 0. The monoisotopic (exact) mass is 276 g/mol. The molecule has 0 atom stereocenters. The second-order valence-electron chi connectivity index (χ2n) is 4.12. The Bertz CT molecular complexity index is 553. The zero-order valence-corrected chi connectivity index (χ0v) is 10.8. The first kappa shape index (κ1) is 12.6. The lowest BCUT2D eigenvalue weighted by molar-refractivity contribution is 0.0547. The lowest BCUT2D eigenvalue weighted by Crippen LogP contribution is -2.53. The van der Waals surface area contributed by atoms with E-state index < -0.39 is 16.1 Å². The van der Waals surface area contributed by atoms with E-state index in [0.717, 1.165) is 0 Å². The molecule has 1 aromatic carbocycles. The van der Waals surface area contributed by atoms with E-state index in [-0.39, 0.29) is 23.7 Å². The number of halogens is 1. The van der Waals surface area contributed by atoms with Crippen molar-refractivity contribution in [1.82, 2.24) is 4.31 Å². The highest BCUT2D eigenvalue weighted by Crippen LogP contribution is 2.29. The number of aliphatic hydroxyl groups is 1. The number of rotatable bonds is 2. The Morgan fingerprint density at radius 3 is 2.59 bits per heavy atom. The van der Waals surface area contributed by atoms with Crippen LogP contribution in [0.1, 0.15) is 5.56 Å². The average molecular weight is 277 g/mol. The molecular formula is C10H13ClN2O3S. The van der Waals surface area contributed by atoms with Crippen LogP contribution < -0.4 is 5.73 Å². The second-order valence-corrected chi connectivity index (χ2v) is 6.43. The number of aliphatic hydroxyl groups excluding tert-OH is 1. The van der Waals surface area contributed by atoms with Crippen LogP contribution in [0.25, 0.3) is 0 Å². The van der Waals surface area contributed by atoms with Gasteiger partial charge in [-0.2, -0.15) is 4.31 Å². The maximum absolute atomic E-state index is 12.2. The van der Waals surface area contributed by atoms with Crippen molar-refractivity contribution in [3.05, 3.63) is 22.7 Å². The van der Waals surface area contributed by atoms with Crippen LogP contribution in [0.5, 0.6) is 0 Å². The molecule has 0 spiro atoms. The minimum Gasteiger partial charge on any atom is -0.397 e. The van der Waals surface area contributed by atoms with Crippen molar-refractivity contribution in [2.24, 2.45) is 0 Å². The van der Waals surface area contributed by atoms with E-state index in [9.17, 15) is 8.42 Å². The van der Waals surface area contributed by atoms with Gasteiger partial charge in [0.2, 0.25) is 10.0 Å². The molecule has 1 aliphatic rings. The van der Waals surface area contributed by atoms with Crippen LogP contribution in [0.3, 0.4) is 0 Å². The van der Waals surface area contributed by atoms with Gasteiger partial charge in [0, 0.05) is 13.1 Å². The minimum atomic E-state index is -3.57. The summed E-state index contributed by atoms with van der Waals surface area (Å²) in [7, 11) is -3.57. The molecular weight excluding hydrogens is 264 g/mol. The van der Waals surface area contributed by atoms with Crippen LogP contribution in [-0.2, 0) is 10.0 Å². The third-order valence-electron chi connectivity index (χ3n) is 2.74. The molecule has 1 heterocycles. The Morgan fingerprint density at radius 1 is 1.47 bits per heavy atom. The van der Waals surface area contributed by atoms with Gasteiger partial charge in [0.05, 0.1) is 21.7 Å². The molecule has 0 aliphatic carbocycles. The molecule has 94 valence electrons. The summed E-state index contributed by atoms with van der Waals surface area (Å²) >= 11 is 5.81. The number of nitrogens with two attached hydrogens (primary N) is 1. The fourth-order valence-corrected chi connectivity index (χ4v) is 3.67. The molecule has 5 nitrogen and oxygen atoms in total. The summed E-state index contributed by atoms with van der Waals surface area (Å²) in [6.45, 7) is 1.92. The molecule has 1 fully saturated rings. The van der Waals surface area contributed by atoms with Gasteiger partial charge in [-0.25, -0.2) is 8.42 Å². The highest BCUT2D eigenvalue weighted by molar-refractivity contribution is 7.89. The molecule has 0 unspecified atom stereocenters. The van der Waals surface area contributed by atoms with E-state index in [2.05, 4.69) is 0 Å². The van der Waals surface area contributed by atoms with Gasteiger partial charge in [-0.3, -0.25) is 0 Å². The zero-order chi connectivity index (χ0) is 12.8. The van der Waals surface area contributed by atoms with Crippen LogP contribution in [0.15, 0.2) is 17.0 Å². The summed E-state index contributed by atoms with van der Waals surface area (Å²) in [6, 6.07) is 2.89. The van der Waals surface area contributed by atoms with Crippen molar-refractivity contribution in [1.29, 1.82) is 0 Å². The van der Waals surface area contributed by atoms with Crippen molar-refractivity contribution in [3.63, 3.8) is 0 Å². The molecule has 0 aromatic heterocycles. The van der Waals surface area contributed by atoms with Crippen molar-refractivity contribution in [3.8, 4) is 0 Å². The number of anilines is 1. The fourth-order valence-electron chi connectivity index (χ4n) is 1.70. The van der Waals surface area contributed by atoms with E-state index in [4.69, 9.17) is 22.4 Å². The maximum Gasteiger partial charge on any atom is 0.243 e. The van der Waals surface area contributed by atoms with Gasteiger partial charge in [-0.15, -0.1) is 0 Å². The molecule has 0 saturated carbocycles. The lowest BCUT2D eigenvalue weighted by Gasteiger charge is -2.35. The molecule has 0 amide bonds. The van der Waals surface area contributed by atoms with E-state index in [1.54, 1.807) is 6.92 Å². The minimum absolute atomic E-state index is 0.129. The number of sulfonamides is 1. The normalized spacial score (nSPS) is 18.1. The molecule has 0 radical (unpaired) electrons. The first-order valence-electron chi connectivity index (χ1n) is 5.06. The Kier molecular flexibility index (Phi) is 3.07. The van der Waals surface area contributed by atoms with Crippen LogP contribution in [-0.4, -0.2) is 37.0 Å². The standard InChI is InChI=1S/C10H13ClN2O3S/c1-6-2-8(11)9(12)3-10(6)17(15,16)13-4-7(14)5-13/h2-3,7,14H,4-5,12H2,1H3. The molecule has 1 aliphatic heterocycles. The smallest absolute Gasteiger partial charge is 0.243 e. The van der Waals surface area contributed by atoms with Gasteiger partial charge in [-0.05, 0) is 24.6 Å². The quantitative estimate of drug-likeness (QED) is 0.775. The van der Waals surface area contributed by atoms with Gasteiger partial charge >= 0.3 is 0 Å². The Balaban J connectivity index is 2.43. The average Bonchev–Trinajstić information content (AvgIpc) is 2.18. The molecule has 7 heteroatoms. The van der Waals surface area contributed by atoms with Gasteiger partial charge in [0.1, 0.15) is 0 Å². The Hall–Kier alpha value is -0.820. The van der Waals surface area contributed by atoms with E-state index >= 15 is 0 Å². The lowest BCUT2D eigenvalue weighted by atomic mass is 10.2. The summed E-state index contributed by atoms with van der Waals surface area (Å²) < 4.78 is 25.5. The largest absolute Gasteiger partial charge is 0.397 e. The van der Waals surface area contributed by atoms with Gasteiger partial charge in [0.15, 0.2) is 0 Å².